The van der Waals surface area contributed by atoms with Gasteiger partial charge in [0.05, 0.1) is 35.5 Å². The van der Waals surface area contributed by atoms with E-state index in [1.165, 1.54) is 38.5 Å². The average Bonchev–Trinajstić information content (AvgIpc) is 3.33. The Kier molecular flexibility index (Phi) is 18.3. The lowest BCUT2D eigenvalue weighted by molar-refractivity contribution is 0.0720. The zero-order chi connectivity index (χ0) is 45.6. The van der Waals surface area contributed by atoms with E-state index in [9.17, 15) is 19.2 Å². The first-order chi connectivity index (χ1) is 31.8. The van der Waals surface area contributed by atoms with E-state index in [1.54, 1.807) is 121 Å². The van der Waals surface area contributed by atoms with Gasteiger partial charge >= 0.3 is 23.9 Å². The van der Waals surface area contributed by atoms with Gasteiger partial charge in [0.1, 0.15) is 34.5 Å². The van der Waals surface area contributed by atoms with Crippen molar-refractivity contribution in [1.29, 1.82) is 0 Å². The Labute approximate surface area is 381 Å². The summed E-state index contributed by atoms with van der Waals surface area (Å²) in [5, 5.41) is 0. The Bertz CT molecular complexity index is 2230. The van der Waals surface area contributed by atoms with Crippen molar-refractivity contribution in [3.05, 3.63) is 179 Å². The maximum Gasteiger partial charge on any atom is 0.343 e. The smallest absolute Gasteiger partial charge is 0.343 e. The molecule has 6 rings (SSSR count). The van der Waals surface area contributed by atoms with Crippen LogP contribution in [0, 0.1) is 0 Å². The van der Waals surface area contributed by atoms with Gasteiger partial charge in [0, 0.05) is 0 Å². The van der Waals surface area contributed by atoms with Crippen LogP contribution in [-0.2, 0) is 6.42 Å². The van der Waals surface area contributed by atoms with E-state index in [0.717, 1.165) is 36.8 Å². The lowest BCUT2D eigenvalue weighted by Gasteiger charge is -2.09. The van der Waals surface area contributed by atoms with E-state index in [1.807, 2.05) is 24.3 Å². The van der Waals surface area contributed by atoms with Crippen LogP contribution in [0.25, 0.3) is 0 Å². The molecule has 0 N–H and O–H groups in total. The molecule has 0 atom stereocenters. The van der Waals surface area contributed by atoms with Crippen LogP contribution in [0.5, 0.6) is 34.5 Å². The van der Waals surface area contributed by atoms with Gasteiger partial charge in [0.15, 0.2) is 0 Å². The Morgan fingerprint density at radius 2 is 0.554 bits per heavy atom. The molecule has 0 aliphatic carbocycles. The molecule has 0 saturated heterocycles. The molecule has 10 nitrogen and oxygen atoms in total. The summed E-state index contributed by atoms with van der Waals surface area (Å²) in [4.78, 5) is 51.2. The number of carbonyl (C=O) groups is 4. The van der Waals surface area contributed by atoms with Gasteiger partial charge in [-0.05, 0) is 152 Å². The summed E-state index contributed by atoms with van der Waals surface area (Å²) >= 11 is 0. The number of unbranched alkanes of at least 4 members (excludes halogenated alkanes) is 8. The molecule has 0 aliphatic heterocycles. The summed E-state index contributed by atoms with van der Waals surface area (Å²) in [5.41, 5.74) is 3.35. The summed E-state index contributed by atoms with van der Waals surface area (Å²) in [6.07, 6.45) is 12.2. The third-order valence-corrected chi connectivity index (χ3v) is 10.5. The highest BCUT2D eigenvalue weighted by Crippen LogP contribution is 2.23. The highest BCUT2D eigenvalue weighted by molar-refractivity contribution is 5.94. The van der Waals surface area contributed by atoms with Gasteiger partial charge < -0.3 is 28.4 Å². The number of hydrogen-bond acceptors (Lipinski definition) is 10. The second-order valence-electron chi connectivity index (χ2n) is 15.6. The second-order valence-corrected chi connectivity index (χ2v) is 15.6. The molecule has 0 aliphatic rings. The van der Waals surface area contributed by atoms with Crippen LogP contribution in [-0.4, -0.2) is 37.1 Å². The van der Waals surface area contributed by atoms with E-state index >= 15 is 0 Å². The van der Waals surface area contributed by atoms with Gasteiger partial charge in [-0.3, -0.25) is 0 Å². The summed E-state index contributed by atoms with van der Waals surface area (Å²) in [7, 11) is 0. The van der Waals surface area contributed by atoms with Gasteiger partial charge in [-0.1, -0.05) is 89.5 Å². The molecule has 0 heterocycles. The van der Waals surface area contributed by atoms with Crippen LogP contribution in [0.4, 0.5) is 0 Å². The number of carbonyl (C=O) groups excluding carboxylic acids is 4. The number of benzene rings is 6. The van der Waals surface area contributed by atoms with Crippen molar-refractivity contribution < 1.29 is 47.6 Å². The summed E-state index contributed by atoms with van der Waals surface area (Å²) < 4.78 is 33.7. The molecule has 65 heavy (non-hydrogen) atoms. The fourth-order valence-electron chi connectivity index (χ4n) is 6.73. The molecule has 0 fully saturated rings. The van der Waals surface area contributed by atoms with Gasteiger partial charge in [-0.15, -0.1) is 0 Å². The predicted octanol–water partition coefficient (Wildman–Crippen LogP) is 12.9. The molecule has 6 aromatic rings. The minimum atomic E-state index is -0.549. The van der Waals surface area contributed by atoms with Crippen LogP contribution in [0.2, 0.25) is 0 Å². The van der Waals surface area contributed by atoms with E-state index in [2.05, 4.69) is 13.8 Å². The third kappa shape index (κ3) is 15.5. The lowest BCUT2D eigenvalue weighted by atomic mass is 10.0. The number of ether oxygens (including phenoxy) is 6. The summed E-state index contributed by atoms with van der Waals surface area (Å²) in [5.74, 6) is 0.648. The van der Waals surface area contributed by atoms with E-state index in [-0.39, 0.29) is 0 Å². The SMILES string of the molecule is CCCCCCCOc1ccc(C(=O)Oc2ccc(C(=O)Oc3ccc(Cc4ccc(OC(=O)c5ccc(OC(=O)c6ccc(OCCCCCCC)cc6)cc5)cc4)cc3)cc2)cc1. The van der Waals surface area contributed by atoms with E-state index in [0.29, 0.717) is 76.4 Å². The standard InChI is InChI=1S/C55H56O10/c1-3-5-7-9-11-37-60-46-29-17-42(18-30-46)52(56)64-50-33-21-44(22-34-50)54(58)62-48-25-13-40(14-26-48)39-41-15-27-49(28-16-41)63-55(59)45-23-35-51(36-24-45)65-53(57)43-19-31-47(32-20-43)61-38-12-10-8-6-4-2/h13-36H,3-12,37-39H2,1-2H3. The van der Waals surface area contributed by atoms with Crippen LogP contribution in [0.15, 0.2) is 146 Å². The van der Waals surface area contributed by atoms with E-state index < -0.39 is 23.9 Å². The predicted molar refractivity (Wildman–Crippen MR) is 250 cm³/mol. The Hall–Kier alpha value is -7.20. The van der Waals surface area contributed by atoms with Gasteiger partial charge in [-0.2, -0.15) is 0 Å². The van der Waals surface area contributed by atoms with Crippen LogP contribution in [0.1, 0.15) is 131 Å². The van der Waals surface area contributed by atoms with Crippen LogP contribution in [0.3, 0.4) is 0 Å². The minimum Gasteiger partial charge on any atom is -0.494 e. The fourth-order valence-corrected chi connectivity index (χ4v) is 6.73. The van der Waals surface area contributed by atoms with Gasteiger partial charge in [0.25, 0.3) is 0 Å². The number of rotatable bonds is 24. The highest BCUT2D eigenvalue weighted by Gasteiger charge is 2.15. The molecule has 0 amide bonds. The maximum atomic E-state index is 12.9. The minimum absolute atomic E-state index is 0.300. The molecule has 336 valence electrons. The van der Waals surface area contributed by atoms with Gasteiger partial charge in [-0.25, -0.2) is 19.2 Å². The average molecular weight is 877 g/mol. The highest BCUT2D eigenvalue weighted by atomic mass is 16.5. The largest absolute Gasteiger partial charge is 0.494 e. The zero-order valence-electron chi connectivity index (χ0n) is 37.1. The maximum absolute atomic E-state index is 12.9. The Balaban J connectivity index is 0.896. The van der Waals surface area contributed by atoms with Crippen molar-refractivity contribution in [3.8, 4) is 34.5 Å². The molecular formula is C55H56O10. The van der Waals surface area contributed by atoms with Gasteiger partial charge in [0.2, 0.25) is 0 Å². The van der Waals surface area contributed by atoms with Crippen molar-refractivity contribution in [2.24, 2.45) is 0 Å². The number of esters is 4. The quantitative estimate of drug-likeness (QED) is 0.0330. The van der Waals surface area contributed by atoms with Crippen molar-refractivity contribution >= 4 is 23.9 Å². The first kappa shape index (κ1) is 47.3. The molecule has 0 aromatic heterocycles. The molecule has 10 heteroatoms. The number of hydrogen-bond donors (Lipinski definition) is 0. The first-order valence-corrected chi connectivity index (χ1v) is 22.5. The molecule has 0 unspecified atom stereocenters. The fraction of sp³-hybridized carbons (Fsp3) is 0.273. The molecule has 0 bridgehead atoms. The van der Waals surface area contributed by atoms with Crippen molar-refractivity contribution in [3.63, 3.8) is 0 Å². The molecular weight excluding hydrogens is 821 g/mol. The Morgan fingerprint density at radius 3 is 0.831 bits per heavy atom. The topological polar surface area (TPSA) is 124 Å². The van der Waals surface area contributed by atoms with Crippen LogP contribution >= 0.6 is 0 Å². The monoisotopic (exact) mass is 876 g/mol. The van der Waals surface area contributed by atoms with Crippen molar-refractivity contribution in [1.82, 2.24) is 0 Å². The molecule has 0 spiro atoms. The lowest BCUT2D eigenvalue weighted by Crippen LogP contribution is -2.10. The first-order valence-electron chi connectivity index (χ1n) is 22.5. The zero-order valence-corrected chi connectivity index (χ0v) is 37.1. The van der Waals surface area contributed by atoms with Crippen molar-refractivity contribution in [2.75, 3.05) is 13.2 Å². The molecule has 0 saturated carbocycles. The third-order valence-electron chi connectivity index (χ3n) is 10.5. The molecule has 6 aromatic carbocycles. The molecule has 0 radical (unpaired) electrons. The second kappa shape index (κ2) is 25.2. The summed E-state index contributed by atoms with van der Waals surface area (Å²) in [6, 6.07) is 40.4. The Morgan fingerprint density at radius 1 is 0.308 bits per heavy atom. The normalized spacial score (nSPS) is 10.7. The summed E-state index contributed by atoms with van der Waals surface area (Å²) in [6.45, 7) is 5.66. The van der Waals surface area contributed by atoms with Crippen molar-refractivity contribution in [2.45, 2.75) is 84.5 Å². The van der Waals surface area contributed by atoms with Crippen LogP contribution < -0.4 is 28.4 Å². The van der Waals surface area contributed by atoms with E-state index in [4.69, 9.17) is 28.4 Å².